The SMILES string of the molecule is C=Cc1c(C)/c2[nH]/c1=C\C1=NC(=C\c3[nH]c4c(c3C)C(=O)OC(=O)C4C3N=C(/C=2)[C@@H](C)[C@@H]3CCC)/C(CC)=C1C. The zero-order valence-electron chi connectivity index (χ0n) is 24.1. The largest absolute Gasteiger partial charge is 0.389 e. The fourth-order valence-electron chi connectivity index (χ4n) is 6.99. The molecule has 4 aliphatic heterocycles. The fourth-order valence-corrected chi connectivity index (χ4v) is 6.99. The number of aliphatic imine (C=N–C) groups is 2. The van der Waals surface area contributed by atoms with Gasteiger partial charge in [0.05, 0.1) is 23.0 Å². The number of fused-ring (bicyclic) bond motifs is 6. The monoisotopic (exact) mass is 536 g/mol. The van der Waals surface area contributed by atoms with Crippen molar-refractivity contribution in [3.8, 4) is 0 Å². The number of cyclic esters (lactones) is 2. The van der Waals surface area contributed by atoms with Gasteiger partial charge in [0.2, 0.25) is 0 Å². The number of hydrogen-bond donors (Lipinski definition) is 2. The molecule has 0 saturated heterocycles. The van der Waals surface area contributed by atoms with E-state index in [0.717, 1.165) is 80.6 Å². The van der Waals surface area contributed by atoms with Crippen LogP contribution in [0.3, 0.4) is 0 Å². The van der Waals surface area contributed by atoms with E-state index in [9.17, 15) is 9.59 Å². The summed E-state index contributed by atoms with van der Waals surface area (Å²) in [5, 5.41) is 1.93. The van der Waals surface area contributed by atoms with E-state index >= 15 is 0 Å². The summed E-state index contributed by atoms with van der Waals surface area (Å²) in [6.45, 7) is 16.6. The molecule has 2 aromatic rings. The Balaban J connectivity index is 1.70. The van der Waals surface area contributed by atoms with Crippen LogP contribution in [0.1, 0.15) is 91.3 Å². The number of nitrogens with one attached hydrogen (secondary N) is 2. The fraction of sp³-hybridized carbons (Fsp3) is 0.394. The number of carbonyl (C=O) groups excluding carboxylic acids is 2. The lowest BCUT2D eigenvalue weighted by molar-refractivity contribution is -0.141. The third kappa shape index (κ3) is 3.78. The molecule has 6 heterocycles. The molecule has 6 rings (SSSR count). The van der Waals surface area contributed by atoms with E-state index < -0.39 is 17.9 Å². The van der Waals surface area contributed by atoms with E-state index in [4.69, 9.17) is 14.7 Å². The molecule has 0 spiro atoms. The standard InChI is InChI=1S/C33H36N4O3/c1-8-11-21-17(6)24-12-22-15(4)19(9-2)26(34-22)13-23-16(5)20(10-3)27(35-23)14-25-18(7)28-31(37-25)29(30(21)36-24)33(39)40-32(28)38/h9,12-14,17,21,29-30,34,37H,2,8,10-11H2,1,3-7H3/b22-12+,26-13-,27-14-/t17-,21-,29?,30?/m0/s1. The Bertz CT molecular complexity index is 1740. The number of allylic oxidation sites excluding steroid dienone is 2. The van der Waals surface area contributed by atoms with E-state index in [1.54, 1.807) is 0 Å². The zero-order valence-corrected chi connectivity index (χ0v) is 24.1. The van der Waals surface area contributed by atoms with Crippen LogP contribution in [-0.2, 0) is 9.53 Å². The van der Waals surface area contributed by atoms with Crippen molar-refractivity contribution in [2.24, 2.45) is 21.8 Å². The number of esters is 2. The lowest BCUT2D eigenvalue weighted by Crippen LogP contribution is -2.37. The predicted molar refractivity (Wildman–Crippen MR) is 160 cm³/mol. The molecule has 0 aliphatic carbocycles. The first-order valence-corrected chi connectivity index (χ1v) is 14.3. The Morgan fingerprint density at radius 1 is 1.05 bits per heavy atom. The highest BCUT2D eigenvalue weighted by molar-refractivity contribution is 6.23. The van der Waals surface area contributed by atoms with Gasteiger partial charge in [-0.1, -0.05) is 39.8 Å². The van der Waals surface area contributed by atoms with E-state index in [2.05, 4.69) is 63.3 Å². The summed E-state index contributed by atoms with van der Waals surface area (Å²) in [5.41, 5.74) is 9.68. The van der Waals surface area contributed by atoms with Gasteiger partial charge in [0.15, 0.2) is 0 Å². The molecular formula is C33H36N4O3. The molecule has 0 saturated carbocycles. The van der Waals surface area contributed by atoms with Gasteiger partial charge in [0.25, 0.3) is 0 Å². The number of H-pyrrole nitrogens is 2. The van der Waals surface area contributed by atoms with Gasteiger partial charge >= 0.3 is 11.9 Å². The minimum atomic E-state index is -0.681. The van der Waals surface area contributed by atoms with Crippen LogP contribution in [0.15, 0.2) is 33.4 Å². The number of rotatable bonds is 4. The summed E-state index contributed by atoms with van der Waals surface area (Å²) in [6, 6.07) is -0.336. The van der Waals surface area contributed by atoms with Crippen molar-refractivity contribution in [1.29, 1.82) is 0 Å². The summed E-state index contributed by atoms with van der Waals surface area (Å²) in [6.07, 6.45) is 10.8. The van der Waals surface area contributed by atoms with E-state index in [1.165, 1.54) is 0 Å². The second kappa shape index (κ2) is 9.58. The summed E-state index contributed by atoms with van der Waals surface area (Å²) in [5.74, 6) is -1.55. The Hall–Kier alpha value is -4.00. The Kier molecular flexibility index (Phi) is 6.28. The predicted octanol–water partition coefficient (Wildman–Crippen LogP) is 5.06. The maximum absolute atomic E-state index is 13.4. The normalized spacial score (nSPS) is 28.2. The lowest BCUT2D eigenvalue weighted by Gasteiger charge is -2.29. The Morgan fingerprint density at radius 2 is 1.82 bits per heavy atom. The van der Waals surface area contributed by atoms with Crippen LogP contribution >= 0.6 is 0 Å². The van der Waals surface area contributed by atoms with Gasteiger partial charge in [-0.2, -0.15) is 0 Å². The highest BCUT2D eigenvalue weighted by Crippen LogP contribution is 2.44. The average Bonchev–Trinajstić information content (AvgIpc) is 3.58. The Labute approximate surface area is 234 Å². The smallest absolute Gasteiger partial charge is 0.347 e. The van der Waals surface area contributed by atoms with Crippen molar-refractivity contribution in [3.05, 3.63) is 67.8 Å². The highest BCUT2D eigenvalue weighted by Gasteiger charge is 2.49. The van der Waals surface area contributed by atoms with Crippen molar-refractivity contribution in [2.75, 3.05) is 0 Å². The van der Waals surface area contributed by atoms with Gasteiger partial charge in [0, 0.05) is 39.3 Å². The molecule has 7 heteroatoms. The van der Waals surface area contributed by atoms with E-state index in [-0.39, 0.29) is 17.9 Å². The number of carbonyl (C=O) groups is 2. The van der Waals surface area contributed by atoms with Crippen molar-refractivity contribution in [3.63, 3.8) is 0 Å². The molecule has 7 nitrogen and oxygen atoms in total. The van der Waals surface area contributed by atoms with Crippen molar-refractivity contribution < 1.29 is 14.3 Å². The third-order valence-corrected chi connectivity index (χ3v) is 9.26. The molecule has 0 fully saturated rings. The van der Waals surface area contributed by atoms with E-state index in [0.29, 0.717) is 11.3 Å². The van der Waals surface area contributed by atoms with Gasteiger partial charge in [-0.25, -0.2) is 9.79 Å². The van der Waals surface area contributed by atoms with Crippen LogP contribution in [0.4, 0.5) is 0 Å². The third-order valence-electron chi connectivity index (χ3n) is 9.26. The second-order valence-electron chi connectivity index (χ2n) is 11.4. The molecule has 8 bridgehead atoms. The van der Waals surface area contributed by atoms with Crippen LogP contribution in [0.25, 0.3) is 24.3 Å². The van der Waals surface area contributed by atoms with Crippen LogP contribution < -0.4 is 10.7 Å². The summed E-state index contributed by atoms with van der Waals surface area (Å²) in [7, 11) is 0. The first-order valence-electron chi connectivity index (χ1n) is 14.3. The molecule has 2 aromatic heterocycles. The van der Waals surface area contributed by atoms with Crippen LogP contribution in [0.2, 0.25) is 0 Å². The zero-order chi connectivity index (χ0) is 28.5. The maximum atomic E-state index is 13.4. The minimum Gasteiger partial charge on any atom is -0.389 e. The van der Waals surface area contributed by atoms with Gasteiger partial charge in [-0.3, -0.25) is 9.79 Å². The topological polar surface area (TPSA) is 99.7 Å². The number of nitrogens with zero attached hydrogens (tertiary/aromatic N) is 2. The summed E-state index contributed by atoms with van der Waals surface area (Å²) >= 11 is 0. The first-order chi connectivity index (χ1) is 19.2. The number of ether oxygens (including phenoxy) is 1. The molecule has 206 valence electrons. The van der Waals surface area contributed by atoms with Crippen molar-refractivity contribution in [2.45, 2.75) is 72.8 Å². The molecule has 0 radical (unpaired) electrons. The van der Waals surface area contributed by atoms with E-state index in [1.807, 2.05) is 19.1 Å². The molecule has 0 aromatic carbocycles. The number of hydrogen-bond acceptors (Lipinski definition) is 5. The van der Waals surface area contributed by atoms with Crippen LogP contribution in [0.5, 0.6) is 0 Å². The van der Waals surface area contributed by atoms with Gasteiger partial charge in [0.1, 0.15) is 5.92 Å². The van der Waals surface area contributed by atoms with Crippen molar-refractivity contribution in [1.82, 2.24) is 9.97 Å². The molecule has 0 amide bonds. The summed E-state index contributed by atoms with van der Waals surface area (Å²) < 4.78 is 5.38. The maximum Gasteiger partial charge on any atom is 0.347 e. The second-order valence-corrected chi connectivity index (χ2v) is 11.4. The minimum absolute atomic E-state index is 0.132. The molecule has 2 unspecified atom stereocenters. The van der Waals surface area contributed by atoms with Crippen LogP contribution in [0, 0.1) is 25.7 Å². The average molecular weight is 537 g/mol. The van der Waals surface area contributed by atoms with Gasteiger partial charge in [-0.15, -0.1) is 0 Å². The molecule has 4 atom stereocenters. The number of aromatic nitrogens is 2. The summed E-state index contributed by atoms with van der Waals surface area (Å²) in [4.78, 5) is 43.8. The number of aromatic amines is 2. The molecular weight excluding hydrogens is 500 g/mol. The lowest BCUT2D eigenvalue weighted by atomic mass is 9.77. The quantitative estimate of drug-likeness (QED) is 0.422. The van der Waals surface area contributed by atoms with Gasteiger partial charge < -0.3 is 14.7 Å². The van der Waals surface area contributed by atoms with Gasteiger partial charge in [-0.05, 0) is 80.0 Å². The first kappa shape index (κ1) is 26.2. The Morgan fingerprint density at radius 3 is 2.52 bits per heavy atom. The molecule has 40 heavy (non-hydrogen) atoms. The molecule has 4 aliphatic rings. The van der Waals surface area contributed by atoms with Crippen LogP contribution in [-0.4, -0.2) is 39.4 Å². The van der Waals surface area contributed by atoms with Crippen molar-refractivity contribution >= 4 is 47.7 Å². The molecule has 2 N–H and O–H groups in total. The highest BCUT2D eigenvalue weighted by atomic mass is 16.6.